The molecule has 0 fully saturated rings. The minimum absolute atomic E-state index is 0.202. The summed E-state index contributed by atoms with van der Waals surface area (Å²) in [4.78, 5) is 25.0. The highest BCUT2D eigenvalue weighted by molar-refractivity contribution is 5.93. The lowest BCUT2D eigenvalue weighted by molar-refractivity contribution is 0.0775. The Morgan fingerprint density at radius 1 is 1.44 bits per heavy atom. The zero-order chi connectivity index (χ0) is 13.1. The lowest BCUT2D eigenvalue weighted by atomic mass is 10.2. The van der Waals surface area contributed by atoms with E-state index in [-0.39, 0.29) is 11.5 Å². The molecule has 0 saturated heterocycles. The highest BCUT2D eigenvalue weighted by Crippen LogP contribution is 2.07. The van der Waals surface area contributed by atoms with E-state index >= 15 is 0 Å². The molecular weight excluding hydrogens is 232 g/mol. The van der Waals surface area contributed by atoms with Crippen LogP contribution in [-0.4, -0.2) is 22.4 Å². The highest BCUT2D eigenvalue weighted by atomic mass is 16.3. The molecule has 0 aliphatic rings. The molecule has 0 bridgehead atoms. The summed E-state index contributed by atoms with van der Waals surface area (Å²) in [5.41, 5.74) is 0.180. The molecule has 5 nitrogen and oxygen atoms in total. The second-order valence-corrected chi connectivity index (χ2v) is 4.11. The third kappa shape index (κ3) is 2.51. The molecule has 1 amide bonds. The van der Waals surface area contributed by atoms with Crippen LogP contribution in [0.5, 0.6) is 0 Å². The Bertz CT molecular complexity index is 599. The van der Waals surface area contributed by atoms with Crippen LogP contribution in [0.2, 0.25) is 0 Å². The number of aryl methyl sites for hydroxylation is 1. The van der Waals surface area contributed by atoms with Gasteiger partial charge < -0.3 is 13.9 Å². The zero-order valence-corrected chi connectivity index (χ0v) is 10.3. The third-order valence-corrected chi connectivity index (χ3v) is 2.67. The van der Waals surface area contributed by atoms with Gasteiger partial charge in [0.2, 0.25) is 0 Å². The summed E-state index contributed by atoms with van der Waals surface area (Å²) in [5, 5.41) is 0. The molecule has 2 rings (SSSR count). The van der Waals surface area contributed by atoms with Crippen molar-refractivity contribution in [3.8, 4) is 0 Å². The van der Waals surface area contributed by atoms with Crippen molar-refractivity contribution in [2.45, 2.75) is 6.54 Å². The van der Waals surface area contributed by atoms with E-state index in [2.05, 4.69) is 0 Å². The Kier molecular flexibility index (Phi) is 3.32. The number of rotatable bonds is 3. The quantitative estimate of drug-likeness (QED) is 0.819. The van der Waals surface area contributed by atoms with Gasteiger partial charge >= 0.3 is 0 Å². The van der Waals surface area contributed by atoms with E-state index in [4.69, 9.17) is 4.42 Å². The van der Waals surface area contributed by atoms with Gasteiger partial charge in [-0.1, -0.05) is 0 Å². The molecule has 0 aromatic carbocycles. The van der Waals surface area contributed by atoms with Crippen LogP contribution in [0.1, 0.15) is 16.1 Å². The van der Waals surface area contributed by atoms with Crippen LogP contribution in [-0.2, 0) is 13.6 Å². The Morgan fingerprint density at radius 3 is 2.83 bits per heavy atom. The van der Waals surface area contributed by atoms with Gasteiger partial charge in [0.05, 0.1) is 12.8 Å². The number of amides is 1. The molecule has 2 aromatic heterocycles. The van der Waals surface area contributed by atoms with Crippen molar-refractivity contribution in [2.24, 2.45) is 7.05 Å². The van der Waals surface area contributed by atoms with Crippen molar-refractivity contribution >= 4 is 5.91 Å². The van der Waals surface area contributed by atoms with Crippen LogP contribution in [0.3, 0.4) is 0 Å². The standard InChI is InChI=1S/C13H14N2O3/c1-14-6-5-10(8-12(14)16)13(17)15(2)9-11-4-3-7-18-11/h3-8H,9H2,1-2H3. The van der Waals surface area contributed by atoms with E-state index in [1.54, 1.807) is 44.8 Å². The lowest BCUT2D eigenvalue weighted by Gasteiger charge is -2.15. The summed E-state index contributed by atoms with van der Waals surface area (Å²) in [6, 6.07) is 6.53. The Hall–Kier alpha value is -2.30. The molecule has 0 saturated carbocycles. The first-order valence-corrected chi connectivity index (χ1v) is 5.52. The summed E-state index contributed by atoms with van der Waals surface area (Å²) < 4.78 is 6.59. The van der Waals surface area contributed by atoms with Gasteiger partial charge in [-0.15, -0.1) is 0 Å². The molecule has 0 unspecified atom stereocenters. The van der Waals surface area contributed by atoms with Crippen LogP contribution < -0.4 is 5.56 Å². The normalized spacial score (nSPS) is 10.3. The monoisotopic (exact) mass is 246 g/mol. The molecule has 18 heavy (non-hydrogen) atoms. The fourth-order valence-corrected chi connectivity index (χ4v) is 1.61. The van der Waals surface area contributed by atoms with E-state index in [9.17, 15) is 9.59 Å². The maximum Gasteiger partial charge on any atom is 0.254 e. The smallest absolute Gasteiger partial charge is 0.254 e. The van der Waals surface area contributed by atoms with E-state index in [1.165, 1.54) is 15.5 Å². The summed E-state index contributed by atoms with van der Waals surface area (Å²) in [5.74, 6) is 0.499. The van der Waals surface area contributed by atoms with Crippen molar-refractivity contribution in [3.05, 3.63) is 58.4 Å². The number of carbonyl (C=O) groups excluding carboxylic acids is 1. The van der Waals surface area contributed by atoms with E-state index in [0.29, 0.717) is 17.9 Å². The molecule has 0 spiro atoms. The summed E-state index contributed by atoms with van der Waals surface area (Å²) in [6.07, 6.45) is 3.14. The highest BCUT2D eigenvalue weighted by Gasteiger charge is 2.13. The van der Waals surface area contributed by atoms with Crippen LogP contribution in [0.15, 0.2) is 45.9 Å². The number of nitrogens with zero attached hydrogens (tertiary/aromatic N) is 2. The number of pyridine rings is 1. The predicted molar refractivity (Wildman–Crippen MR) is 66.2 cm³/mol. The van der Waals surface area contributed by atoms with Gasteiger partial charge in [0, 0.05) is 31.9 Å². The molecule has 0 N–H and O–H groups in total. The largest absolute Gasteiger partial charge is 0.467 e. The van der Waals surface area contributed by atoms with Crippen molar-refractivity contribution < 1.29 is 9.21 Å². The Labute approximate surface area is 104 Å². The number of hydrogen-bond donors (Lipinski definition) is 0. The van der Waals surface area contributed by atoms with Crippen LogP contribution in [0, 0.1) is 0 Å². The lowest BCUT2D eigenvalue weighted by Crippen LogP contribution is -2.28. The molecule has 0 radical (unpaired) electrons. The Morgan fingerprint density at radius 2 is 2.22 bits per heavy atom. The second-order valence-electron chi connectivity index (χ2n) is 4.11. The maximum atomic E-state index is 12.1. The van der Waals surface area contributed by atoms with Crippen molar-refractivity contribution in [3.63, 3.8) is 0 Å². The molecule has 0 aliphatic carbocycles. The average molecular weight is 246 g/mol. The summed E-state index contributed by atoms with van der Waals surface area (Å²) in [6.45, 7) is 0.376. The number of carbonyl (C=O) groups is 1. The summed E-state index contributed by atoms with van der Waals surface area (Å²) >= 11 is 0. The van der Waals surface area contributed by atoms with E-state index in [0.717, 1.165) is 0 Å². The minimum atomic E-state index is -0.205. The summed E-state index contributed by atoms with van der Waals surface area (Å²) in [7, 11) is 3.31. The van der Waals surface area contributed by atoms with E-state index < -0.39 is 0 Å². The molecule has 0 aliphatic heterocycles. The first-order chi connectivity index (χ1) is 8.58. The molecular formula is C13H14N2O3. The third-order valence-electron chi connectivity index (χ3n) is 2.67. The Balaban J connectivity index is 2.15. The van der Waals surface area contributed by atoms with Gasteiger partial charge in [-0.05, 0) is 18.2 Å². The van der Waals surface area contributed by atoms with Gasteiger partial charge in [-0.25, -0.2) is 0 Å². The minimum Gasteiger partial charge on any atom is -0.467 e. The molecule has 2 heterocycles. The molecule has 2 aromatic rings. The van der Waals surface area contributed by atoms with Crippen LogP contribution in [0.4, 0.5) is 0 Å². The maximum absolute atomic E-state index is 12.1. The van der Waals surface area contributed by atoms with Gasteiger partial charge in [-0.2, -0.15) is 0 Å². The SMILES string of the molecule is CN(Cc1ccco1)C(=O)c1ccn(C)c(=O)c1. The zero-order valence-electron chi connectivity index (χ0n) is 10.3. The van der Waals surface area contributed by atoms with Crippen molar-refractivity contribution in [1.82, 2.24) is 9.47 Å². The first-order valence-electron chi connectivity index (χ1n) is 5.52. The van der Waals surface area contributed by atoms with Crippen LogP contribution in [0.25, 0.3) is 0 Å². The van der Waals surface area contributed by atoms with Gasteiger partial charge in [0.25, 0.3) is 11.5 Å². The number of aromatic nitrogens is 1. The number of furan rings is 1. The fraction of sp³-hybridized carbons (Fsp3) is 0.231. The van der Waals surface area contributed by atoms with E-state index in [1.807, 2.05) is 0 Å². The second kappa shape index (κ2) is 4.91. The van der Waals surface area contributed by atoms with Gasteiger partial charge in [0.1, 0.15) is 5.76 Å². The van der Waals surface area contributed by atoms with Crippen molar-refractivity contribution in [2.75, 3.05) is 7.05 Å². The fourth-order valence-electron chi connectivity index (χ4n) is 1.61. The number of hydrogen-bond acceptors (Lipinski definition) is 3. The molecule has 5 heteroatoms. The predicted octanol–water partition coefficient (Wildman–Crippen LogP) is 1.25. The average Bonchev–Trinajstić information content (AvgIpc) is 2.84. The molecule has 94 valence electrons. The molecule has 0 atom stereocenters. The van der Waals surface area contributed by atoms with Crippen LogP contribution >= 0.6 is 0 Å². The van der Waals surface area contributed by atoms with Gasteiger partial charge in [-0.3, -0.25) is 9.59 Å². The van der Waals surface area contributed by atoms with Gasteiger partial charge in [0.15, 0.2) is 0 Å². The first kappa shape index (κ1) is 12.2. The topological polar surface area (TPSA) is 55.5 Å². The van der Waals surface area contributed by atoms with Crippen molar-refractivity contribution in [1.29, 1.82) is 0 Å².